The quantitative estimate of drug-likeness (QED) is 0.731. The minimum atomic E-state index is -0.461. The molecule has 122 valence electrons. The first kappa shape index (κ1) is 14.6. The lowest BCUT2D eigenvalue weighted by molar-refractivity contribution is -0.135. The number of fused-ring (bicyclic) bond motifs is 1. The summed E-state index contributed by atoms with van der Waals surface area (Å²) < 4.78 is 3.78. The molecular weight excluding hydrogens is 304 g/mol. The van der Waals surface area contributed by atoms with Crippen LogP contribution in [-0.2, 0) is 17.9 Å². The van der Waals surface area contributed by atoms with E-state index in [0.717, 1.165) is 23.8 Å². The topological polar surface area (TPSA) is 68.8 Å². The summed E-state index contributed by atoms with van der Waals surface area (Å²) in [7, 11) is 0. The van der Waals surface area contributed by atoms with E-state index in [-0.39, 0.29) is 5.91 Å². The van der Waals surface area contributed by atoms with Crippen LogP contribution < -0.4 is 0 Å². The van der Waals surface area contributed by atoms with Crippen LogP contribution in [0.5, 0.6) is 0 Å². The Labute approximate surface area is 139 Å². The van der Waals surface area contributed by atoms with Gasteiger partial charge in [0.25, 0.3) is 5.91 Å². The number of aromatic nitrogens is 5. The fourth-order valence-corrected chi connectivity index (χ4v) is 3.14. The van der Waals surface area contributed by atoms with Crippen LogP contribution in [0.4, 0.5) is 0 Å². The highest BCUT2D eigenvalue weighted by Crippen LogP contribution is 2.23. The van der Waals surface area contributed by atoms with Crippen molar-refractivity contribution in [1.29, 1.82) is 0 Å². The Morgan fingerprint density at radius 2 is 1.96 bits per heavy atom. The Hall–Kier alpha value is -2.96. The standard InChI is InChI=1S/C17H18N6O/c1-13-19-20-15-12-21(10-11-22(13)15)17(24)16(23-9-5-8-18-23)14-6-3-2-4-7-14/h2-9,16H,10-12H2,1H3. The highest BCUT2D eigenvalue weighted by Gasteiger charge is 2.31. The molecular formula is C17H18N6O. The van der Waals surface area contributed by atoms with E-state index >= 15 is 0 Å². The van der Waals surface area contributed by atoms with Gasteiger partial charge in [0, 0.05) is 25.5 Å². The molecule has 24 heavy (non-hydrogen) atoms. The van der Waals surface area contributed by atoms with Crippen LogP contribution in [0.1, 0.15) is 23.3 Å². The first-order valence-corrected chi connectivity index (χ1v) is 7.95. The van der Waals surface area contributed by atoms with E-state index in [9.17, 15) is 4.79 Å². The number of amides is 1. The van der Waals surface area contributed by atoms with Crippen LogP contribution in [0.15, 0.2) is 48.8 Å². The molecule has 0 N–H and O–H groups in total. The van der Waals surface area contributed by atoms with Gasteiger partial charge >= 0.3 is 0 Å². The third-order valence-corrected chi connectivity index (χ3v) is 4.39. The Bertz CT molecular complexity index is 839. The second-order valence-electron chi connectivity index (χ2n) is 5.87. The fourth-order valence-electron chi connectivity index (χ4n) is 3.14. The fraction of sp³-hybridized carbons (Fsp3) is 0.294. The summed E-state index contributed by atoms with van der Waals surface area (Å²) >= 11 is 0. The van der Waals surface area contributed by atoms with Gasteiger partial charge in [0.2, 0.25) is 0 Å². The van der Waals surface area contributed by atoms with E-state index in [1.807, 2.05) is 54.4 Å². The van der Waals surface area contributed by atoms with Gasteiger partial charge in [0.15, 0.2) is 11.9 Å². The first-order valence-electron chi connectivity index (χ1n) is 7.95. The number of carbonyl (C=O) groups is 1. The minimum absolute atomic E-state index is 0.0248. The molecule has 2 aromatic heterocycles. The normalized spacial score (nSPS) is 15.1. The molecule has 3 aromatic rings. The molecule has 1 amide bonds. The van der Waals surface area contributed by atoms with E-state index in [1.54, 1.807) is 10.9 Å². The Kier molecular flexibility index (Phi) is 3.60. The van der Waals surface area contributed by atoms with Crippen molar-refractivity contribution in [3.63, 3.8) is 0 Å². The second-order valence-corrected chi connectivity index (χ2v) is 5.87. The maximum atomic E-state index is 13.2. The molecule has 0 saturated heterocycles. The third kappa shape index (κ3) is 2.47. The number of carbonyl (C=O) groups excluding carboxylic acids is 1. The minimum Gasteiger partial charge on any atom is -0.331 e. The number of hydrogen-bond acceptors (Lipinski definition) is 4. The van der Waals surface area contributed by atoms with Crippen molar-refractivity contribution in [3.05, 3.63) is 66.0 Å². The molecule has 0 aliphatic carbocycles. The summed E-state index contributed by atoms with van der Waals surface area (Å²) in [6.07, 6.45) is 3.52. The molecule has 4 rings (SSSR count). The Balaban J connectivity index is 1.65. The lowest BCUT2D eigenvalue weighted by Gasteiger charge is -2.31. The lowest BCUT2D eigenvalue weighted by Crippen LogP contribution is -2.43. The Morgan fingerprint density at radius 1 is 1.12 bits per heavy atom. The molecule has 1 atom stereocenters. The predicted molar refractivity (Wildman–Crippen MR) is 87.0 cm³/mol. The maximum absolute atomic E-state index is 13.2. The van der Waals surface area contributed by atoms with E-state index in [1.165, 1.54) is 0 Å². The molecule has 0 bridgehead atoms. The van der Waals surface area contributed by atoms with Crippen LogP contribution >= 0.6 is 0 Å². The van der Waals surface area contributed by atoms with E-state index < -0.39 is 6.04 Å². The van der Waals surface area contributed by atoms with Gasteiger partial charge in [-0.25, -0.2) is 0 Å². The molecule has 0 saturated carbocycles. The summed E-state index contributed by atoms with van der Waals surface area (Å²) in [4.78, 5) is 15.1. The van der Waals surface area contributed by atoms with Crippen molar-refractivity contribution in [1.82, 2.24) is 29.4 Å². The van der Waals surface area contributed by atoms with Gasteiger partial charge in [-0.1, -0.05) is 30.3 Å². The van der Waals surface area contributed by atoms with Crippen molar-refractivity contribution in [2.45, 2.75) is 26.1 Å². The zero-order valence-electron chi connectivity index (χ0n) is 13.4. The molecule has 0 fully saturated rings. The SMILES string of the molecule is Cc1nnc2n1CCN(C(=O)C(c1ccccc1)n1cccn1)C2. The van der Waals surface area contributed by atoms with Crippen LogP contribution in [0.2, 0.25) is 0 Å². The summed E-state index contributed by atoms with van der Waals surface area (Å²) in [5.74, 6) is 1.75. The summed E-state index contributed by atoms with van der Waals surface area (Å²) in [5, 5.41) is 12.6. The molecule has 3 heterocycles. The van der Waals surface area contributed by atoms with Gasteiger partial charge in [0.1, 0.15) is 5.82 Å². The average molecular weight is 322 g/mol. The van der Waals surface area contributed by atoms with Gasteiger partial charge in [-0.15, -0.1) is 10.2 Å². The number of hydrogen-bond donors (Lipinski definition) is 0. The maximum Gasteiger partial charge on any atom is 0.252 e. The summed E-state index contributed by atoms with van der Waals surface area (Å²) in [6, 6.07) is 11.1. The van der Waals surface area contributed by atoms with Crippen molar-refractivity contribution in [3.8, 4) is 0 Å². The monoisotopic (exact) mass is 322 g/mol. The van der Waals surface area contributed by atoms with Gasteiger partial charge in [-0.3, -0.25) is 9.48 Å². The zero-order valence-corrected chi connectivity index (χ0v) is 13.4. The van der Waals surface area contributed by atoms with Crippen molar-refractivity contribution in [2.75, 3.05) is 6.54 Å². The predicted octanol–water partition coefficient (Wildman–Crippen LogP) is 1.41. The number of rotatable bonds is 3. The van der Waals surface area contributed by atoms with Gasteiger partial charge < -0.3 is 9.47 Å². The van der Waals surface area contributed by atoms with Crippen molar-refractivity contribution >= 4 is 5.91 Å². The molecule has 7 heteroatoms. The molecule has 1 unspecified atom stereocenters. The zero-order chi connectivity index (χ0) is 16.5. The van der Waals surface area contributed by atoms with Crippen molar-refractivity contribution in [2.24, 2.45) is 0 Å². The second kappa shape index (κ2) is 5.92. The molecule has 7 nitrogen and oxygen atoms in total. The van der Waals surface area contributed by atoms with Crippen LogP contribution in [0, 0.1) is 6.92 Å². The summed E-state index contributed by atoms with van der Waals surface area (Å²) in [5.41, 5.74) is 0.925. The van der Waals surface area contributed by atoms with Gasteiger partial charge in [0.05, 0.1) is 6.54 Å². The highest BCUT2D eigenvalue weighted by atomic mass is 16.2. The average Bonchev–Trinajstić information content (AvgIpc) is 3.26. The van der Waals surface area contributed by atoms with Gasteiger partial charge in [-0.2, -0.15) is 5.10 Å². The Morgan fingerprint density at radius 3 is 2.71 bits per heavy atom. The number of nitrogens with zero attached hydrogens (tertiary/aromatic N) is 6. The van der Waals surface area contributed by atoms with Crippen LogP contribution in [-0.4, -0.2) is 41.9 Å². The van der Waals surface area contributed by atoms with Gasteiger partial charge in [-0.05, 0) is 18.6 Å². The molecule has 1 aliphatic rings. The lowest BCUT2D eigenvalue weighted by atomic mass is 10.1. The number of benzene rings is 1. The van der Waals surface area contributed by atoms with E-state index in [2.05, 4.69) is 19.9 Å². The first-order chi connectivity index (χ1) is 11.7. The van der Waals surface area contributed by atoms with Crippen LogP contribution in [0.3, 0.4) is 0 Å². The molecule has 1 aliphatic heterocycles. The van der Waals surface area contributed by atoms with E-state index in [0.29, 0.717) is 13.1 Å². The molecule has 0 spiro atoms. The number of aryl methyl sites for hydroxylation is 1. The smallest absolute Gasteiger partial charge is 0.252 e. The van der Waals surface area contributed by atoms with Crippen LogP contribution in [0.25, 0.3) is 0 Å². The molecule has 1 aromatic carbocycles. The van der Waals surface area contributed by atoms with Crippen molar-refractivity contribution < 1.29 is 4.79 Å². The third-order valence-electron chi connectivity index (χ3n) is 4.39. The van der Waals surface area contributed by atoms with E-state index in [4.69, 9.17) is 0 Å². The molecule has 0 radical (unpaired) electrons. The largest absolute Gasteiger partial charge is 0.331 e. The summed E-state index contributed by atoms with van der Waals surface area (Å²) in [6.45, 7) is 3.78. The highest BCUT2D eigenvalue weighted by molar-refractivity contribution is 5.83.